The number of piperazine rings is 1. The average molecular weight is 474 g/mol. The second-order valence-corrected chi connectivity index (χ2v) is 10.3. The molecule has 2 N–H and O–H groups in total. The van der Waals surface area contributed by atoms with Crippen molar-refractivity contribution in [2.24, 2.45) is 0 Å². The van der Waals surface area contributed by atoms with Gasteiger partial charge in [-0.25, -0.2) is 18.4 Å². The zero-order valence-electron chi connectivity index (χ0n) is 17.6. The molecule has 32 heavy (non-hydrogen) atoms. The Morgan fingerprint density at radius 3 is 2.59 bits per heavy atom. The summed E-state index contributed by atoms with van der Waals surface area (Å²) in [4.78, 5) is 27.8. The van der Waals surface area contributed by atoms with Crippen LogP contribution in [-0.4, -0.2) is 73.1 Å². The number of hydrogen-bond acceptors (Lipinski definition) is 9. The fraction of sp³-hybridized carbons (Fsp3) is 0.300. The van der Waals surface area contributed by atoms with E-state index in [0.717, 1.165) is 16.1 Å². The van der Waals surface area contributed by atoms with Gasteiger partial charge in [0.2, 0.25) is 10.0 Å². The molecule has 3 aromatic rings. The maximum absolute atomic E-state index is 11.9. The molecule has 168 valence electrons. The SMILES string of the molecule is CNC(=O)c1cncc(-c2cnc(Nc3cc(N4CCN(S(C)(=O)=O)CC4)ccn3)s2)c1. The molecule has 0 atom stereocenters. The van der Waals surface area contributed by atoms with E-state index < -0.39 is 10.0 Å². The molecule has 0 unspecified atom stereocenters. The van der Waals surface area contributed by atoms with Gasteiger partial charge in [0.25, 0.3) is 5.91 Å². The number of hydrogen-bond donors (Lipinski definition) is 2. The third kappa shape index (κ3) is 5.03. The molecule has 4 rings (SSSR count). The molecule has 1 fully saturated rings. The summed E-state index contributed by atoms with van der Waals surface area (Å²) in [6.45, 7) is 2.16. The summed E-state index contributed by atoms with van der Waals surface area (Å²) in [5.41, 5.74) is 2.26. The van der Waals surface area contributed by atoms with Crippen molar-refractivity contribution in [3.63, 3.8) is 0 Å². The molecule has 1 saturated heterocycles. The zero-order chi connectivity index (χ0) is 22.7. The second-order valence-electron chi connectivity index (χ2n) is 7.24. The van der Waals surface area contributed by atoms with Crippen molar-refractivity contribution in [1.29, 1.82) is 0 Å². The van der Waals surface area contributed by atoms with Crippen molar-refractivity contribution in [2.75, 3.05) is 49.7 Å². The summed E-state index contributed by atoms with van der Waals surface area (Å²) >= 11 is 1.43. The van der Waals surface area contributed by atoms with E-state index in [1.807, 2.05) is 12.1 Å². The minimum atomic E-state index is -3.16. The molecular weight excluding hydrogens is 450 g/mol. The Kier molecular flexibility index (Phi) is 6.35. The second kappa shape index (κ2) is 9.18. The molecule has 0 radical (unpaired) electrons. The number of pyridine rings is 2. The summed E-state index contributed by atoms with van der Waals surface area (Å²) in [7, 11) is -1.58. The summed E-state index contributed by atoms with van der Waals surface area (Å²) in [6, 6.07) is 5.60. The van der Waals surface area contributed by atoms with Crippen LogP contribution in [0.1, 0.15) is 10.4 Å². The first-order valence-electron chi connectivity index (χ1n) is 9.90. The number of sulfonamides is 1. The first-order chi connectivity index (χ1) is 15.3. The number of carbonyl (C=O) groups excluding carboxylic acids is 1. The third-order valence-corrected chi connectivity index (χ3v) is 7.33. The number of nitrogens with zero attached hydrogens (tertiary/aromatic N) is 5. The number of carbonyl (C=O) groups is 1. The highest BCUT2D eigenvalue weighted by atomic mass is 32.2. The van der Waals surface area contributed by atoms with E-state index in [9.17, 15) is 13.2 Å². The van der Waals surface area contributed by atoms with Gasteiger partial charge in [-0.1, -0.05) is 11.3 Å². The van der Waals surface area contributed by atoms with Gasteiger partial charge in [-0.15, -0.1) is 0 Å². The van der Waals surface area contributed by atoms with E-state index in [2.05, 4.69) is 30.5 Å². The Hall–Kier alpha value is -3.09. The number of amides is 1. The molecule has 12 heteroatoms. The number of thiazole rings is 1. The van der Waals surface area contributed by atoms with Gasteiger partial charge >= 0.3 is 0 Å². The van der Waals surface area contributed by atoms with E-state index in [4.69, 9.17) is 0 Å². The summed E-state index contributed by atoms with van der Waals surface area (Å²) < 4.78 is 24.9. The van der Waals surface area contributed by atoms with Crippen LogP contribution in [0.5, 0.6) is 0 Å². The van der Waals surface area contributed by atoms with Gasteiger partial charge < -0.3 is 15.5 Å². The third-order valence-electron chi connectivity index (χ3n) is 5.07. The van der Waals surface area contributed by atoms with Crippen molar-refractivity contribution < 1.29 is 13.2 Å². The lowest BCUT2D eigenvalue weighted by Crippen LogP contribution is -2.48. The van der Waals surface area contributed by atoms with Gasteiger partial charge in [-0.2, -0.15) is 4.31 Å². The normalized spacial score (nSPS) is 14.9. The Balaban J connectivity index is 1.45. The summed E-state index contributed by atoms with van der Waals surface area (Å²) in [5, 5.41) is 6.47. The molecule has 0 bridgehead atoms. The van der Waals surface area contributed by atoms with Crippen molar-refractivity contribution in [1.82, 2.24) is 24.6 Å². The predicted molar refractivity (Wildman–Crippen MR) is 125 cm³/mol. The number of aromatic nitrogens is 3. The van der Waals surface area contributed by atoms with Crippen LogP contribution in [0.4, 0.5) is 16.6 Å². The van der Waals surface area contributed by atoms with E-state index in [1.54, 1.807) is 31.7 Å². The molecule has 10 nitrogen and oxygen atoms in total. The summed E-state index contributed by atoms with van der Waals surface area (Å²) in [5.74, 6) is 0.451. The predicted octanol–water partition coefficient (Wildman–Crippen LogP) is 1.78. The highest BCUT2D eigenvalue weighted by Crippen LogP contribution is 2.31. The lowest BCUT2D eigenvalue weighted by Gasteiger charge is -2.34. The van der Waals surface area contributed by atoms with Crippen LogP contribution in [0.2, 0.25) is 0 Å². The maximum atomic E-state index is 11.9. The van der Waals surface area contributed by atoms with Gasteiger partial charge in [0, 0.05) is 75.3 Å². The van der Waals surface area contributed by atoms with Crippen molar-refractivity contribution >= 4 is 43.9 Å². The van der Waals surface area contributed by atoms with Crippen molar-refractivity contribution in [3.8, 4) is 10.4 Å². The monoisotopic (exact) mass is 473 g/mol. The lowest BCUT2D eigenvalue weighted by atomic mass is 10.2. The minimum Gasteiger partial charge on any atom is -0.369 e. The molecule has 3 aromatic heterocycles. The quantitative estimate of drug-likeness (QED) is 0.556. The zero-order valence-corrected chi connectivity index (χ0v) is 19.3. The van der Waals surface area contributed by atoms with Crippen molar-refractivity contribution in [3.05, 3.63) is 48.5 Å². The van der Waals surface area contributed by atoms with E-state index in [1.165, 1.54) is 28.1 Å². The topological polar surface area (TPSA) is 120 Å². The first kappa shape index (κ1) is 22.1. The average Bonchev–Trinajstić information content (AvgIpc) is 3.27. The van der Waals surface area contributed by atoms with Gasteiger partial charge in [-0.05, 0) is 12.1 Å². The number of nitrogens with one attached hydrogen (secondary N) is 2. The molecular formula is C20H23N7O3S2. The highest BCUT2D eigenvalue weighted by molar-refractivity contribution is 7.88. The number of rotatable bonds is 6. The minimum absolute atomic E-state index is 0.194. The van der Waals surface area contributed by atoms with Gasteiger partial charge in [0.05, 0.1) is 16.7 Å². The summed E-state index contributed by atoms with van der Waals surface area (Å²) in [6.07, 6.45) is 7.90. The van der Waals surface area contributed by atoms with E-state index >= 15 is 0 Å². The van der Waals surface area contributed by atoms with Crippen LogP contribution in [0.3, 0.4) is 0 Å². The smallest absolute Gasteiger partial charge is 0.252 e. The van der Waals surface area contributed by atoms with Crippen LogP contribution in [0, 0.1) is 0 Å². The fourth-order valence-electron chi connectivity index (χ4n) is 3.38. The standard InChI is InChI=1S/C20H23N7O3S2/c1-21-19(28)15-9-14(11-22-12-15)17-13-24-20(31-17)25-18-10-16(3-4-23-18)26-5-7-27(8-6-26)32(2,29)30/h3-4,9-13H,5-8H2,1-2H3,(H,21,28)(H,23,24,25). The largest absolute Gasteiger partial charge is 0.369 e. The van der Waals surface area contributed by atoms with Crippen LogP contribution < -0.4 is 15.5 Å². The van der Waals surface area contributed by atoms with Crippen LogP contribution >= 0.6 is 11.3 Å². The van der Waals surface area contributed by atoms with E-state index in [0.29, 0.717) is 42.7 Å². The molecule has 1 aliphatic heterocycles. The van der Waals surface area contributed by atoms with E-state index in [-0.39, 0.29) is 5.91 Å². The molecule has 0 aliphatic carbocycles. The molecule has 4 heterocycles. The molecule has 0 spiro atoms. The number of anilines is 3. The van der Waals surface area contributed by atoms with Gasteiger partial charge in [-0.3, -0.25) is 9.78 Å². The van der Waals surface area contributed by atoms with Crippen LogP contribution in [0.25, 0.3) is 10.4 Å². The van der Waals surface area contributed by atoms with Crippen LogP contribution in [0.15, 0.2) is 43.0 Å². The van der Waals surface area contributed by atoms with Crippen molar-refractivity contribution in [2.45, 2.75) is 0 Å². The first-order valence-corrected chi connectivity index (χ1v) is 12.6. The van der Waals surface area contributed by atoms with Gasteiger partial charge in [0.1, 0.15) is 5.82 Å². The molecule has 0 saturated carbocycles. The van der Waals surface area contributed by atoms with Gasteiger partial charge in [0.15, 0.2) is 5.13 Å². The maximum Gasteiger partial charge on any atom is 0.252 e. The Labute approximate surface area is 190 Å². The Morgan fingerprint density at radius 1 is 1.09 bits per heavy atom. The lowest BCUT2D eigenvalue weighted by molar-refractivity contribution is 0.0962. The molecule has 1 aliphatic rings. The molecule has 0 aromatic carbocycles. The highest BCUT2D eigenvalue weighted by Gasteiger charge is 2.23. The molecule has 1 amide bonds. The Morgan fingerprint density at radius 2 is 1.88 bits per heavy atom. The Bertz CT molecular complexity index is 1220. The van der Waals surface area contributed by atoms with Crippen LogP contribution in [-0.2, 0) is 10.0 Å². The fourth-order valence-corrected chi connectivity index (χ4v) is 5.01.